The topological polar surface area (TPSA) is 137 Å². The van der Waals surface area contributed by atoms with Crippen molar-refractivity contribution in [3.63, 3.8) is 0 Å². The van der Waals surface area contributed by atoms with Crippen molar-refractivity contribution >= 4 is 35.1 Å². The average molecular weight is 608 g/mol. The normalized spacial score (nSPS) is 16.4. The second kappa shape index (κ2) is 16.6. The van der Waals surface area contributed by atoms with Crippen LogP contribution in [0.1, 0.15) is 50.3 Å². The highest BCUT2D eigenvalue weighted by molar-refractivity contribution is 6.25. The number of allylic oxidation sites excluding steroid dienone is 1. The predicted molar refractivity (Wildman–Crippen MR) is 162 cm³/mol. The number of aliphatic hydroxyl groups excluding tert-OH is 1. The zero-order chi connectivity index (χ0) is 32.2. The summed E-state index contributed by atoms with van der Waals surface area (Å²) in [4.78, 5) is 67.8. The van der Waals surface area contributed by atoms with E-state index in [1.54, 1.807) is 48.5 Å². The monoisotopic (exact) mass is 607 g/mol. The maximum atomic E-state index is 14.1. The number of amides is 2. The molecular weight excluding hydrogens is 566 g/mol. The molecule has 236 valence electrons. The van der Waals surface area contributed by atoms with Crippen molar-refractivity contribution in [1.29, 1.82) is 0 Å². The van der Waals surface area contributed by atoms with Gasteiger partial charge in [-0.15, -0.1) is 0 Å². The minimum absolute atomic E-state index is 0.0122. The third-order valence-electron chi connectivity index (χ3n) is 7.31. The summed E-state index contributed by atoms with van der Waals surface area (Å²) in [5.41, 5.74) is 2.15. The van der Waals surface area contributed by atoms with Crippen LogP contribution < -0.4 is 0 Å². The molecule has 0 saturated carbocycles. The summed E-state index contributed by atoms with van der Waals surface area (Å²) in [6.45, 7) is 6.96. The molecule has 1 fully saturated rings. The Balaban J connectivity index is 2.06. The molecule has 0 spiro atoms. The average Bonchev–Trinajstić information content (AvgIpc) is 3.39. The number of benzene rings is 2. The molecule has 0 aliphatic carbocycles. The summed E-state index contributed by atoms with van der Waals surface area (Å²) in [6.07, 6.45) is -0.920. The molecule has 44 heavy (non-hydrogen) atoms. The zero-order valence-corrected chi connectivity index (χ0v) is 25.7. The standard InChI is InChI=1S/C34H41NO9/c1-22(2)29-21-43-34(41)35(29)33(40)28(19-25-11-6-5-7-12-25)32(44-24(4)37)31(39)20-27(26-13-8-10-23(3)18-26)30(38)14-9-16-42-17-15-36/h5-8,10-13,18,20,22,28-29,32,36H,9,14-17,19,21H2,1-4H3. The summed E-state index contributed by atoms with van der Waals surface area (Å²) in [6, 6.07) is 15.4. The van der Waals surface area contributed by atoms with Crippen LogP contribution in [0.4, 0.5) is 4.79 Å². The van der Waals surface area contributed by atoms with Gasteiger partial charge in [0.1, 0.15) is 6.61 Å². The number of aliphatic hydroxyl groups is 1. The van der Waals surface area contributed by atoms with Gasteiger partial charge in [-0.05, 0) is 42.9 Å². The smallest absolute Gasteiger partial charge is 0.416 e. The number of imide groups is 1. The quantitative estimate of drug-likeness (QED) is 0.170. The van der Waals surface area contributed by atoms with Gasteiger partial charge < -0.3 is 19.3 Å². The molecule has 3 atom stereocenters. The molecule has 3 unspecified atom stereocenters. The van der Waals surface area contributed by atoms with Crippen molar-refractivity contribution < 1.29 is 43.3 Å². The maximum Gasteiger partial charge on any atom is 0.416 e. The first-order valence-corrected chi connectivity index (χ1v) is 14.8. The number of esters is 1. The number of aryl methyl sites for hydroxylation is 1. The number of carbonyl (C=O) groups is 5. The lowest BCUT2D eigenvalue weighted by molar-refractivity contribution is -0.159. The highest BCUT2D eigenvalue weighted by Gasteiger charge is 2.46. The molecule has 0 radical (unpaired) electrons. The number of cyclic esters (lactones) is 1. The molecule has 1 N–H and O–H groups in total. The summed E-state index contributed by atoms with van der Waals surface area (Å²) in [5, 5.41) is 8.93. The Morgan fingerprint density at radius 1 is 1.07 bits per heavy atom. The van der Waals surface area contributed by atoms with Gasteiger partial charge in [0.2, 0.25) is 5.91 Å². The molecule has 2 aromatic carbocycles. The van der Waals surface area contributed by atoms with Gasteiger partial charge in [-0.25, -0.2) is 9.69 Å². The van der Waals surface area contributed by atoms with Crippen molar-refractivity contribution in [2.24, 2.45) is 11.8 Å². The largest absolute Gasteiger partial charge is 0.453 e. The van der Waals surface area contributed by atoms with E-state index in [0.29, 0.717) is 17.5 Å². The van der Waals surface area contributed by atoms with E-state index in [4.69, 9.17) is 19.3 Å². The van der Waals surface area contributed by atoms with E-state index in [1.165, 1.54) is 0 Å². The van der Waals surface area contributed by atoms with Gasteiger partial charge in [-0.3, -0.25) is 19.2 Å². The summed E-state index contributed by atoms with van der Waals surface area (Å²) in [5.74, 6) is -4.00. The number of rotatable bonds is 16. The minimum Gasteiger partial charge on any atom is -0.453 e. The van der Waals surface area contributed by atoms with Gasteiger partial charge in [0.25, 0.3) is 0 Å². The first kappa shape index (κ1) is 34.3. The van der Waals surface area contributed by atoms with Crippen molar-refractivity contribution in [1.82, 2.24) is 4.90 Å². The molecule has 2 aromatic rings. The molecule has 10 nitrogen and oxygen atoms in total. The van der Waals surface area contributed by atoms with Crippen LogP contribution in [0.25, 0.3) is 5.57 Å². The van der Waals surface area contributed by atoms with Crippen LogP contribution in [0.2, 0.25) is 0 Å². The molecule has 1 aliphatic rings. The lowest BCUT2D eigenvalue weighted by atomic mass is 9.87. The third kappa shape index (κ3) is 9.42. The van der Waals surface area contributed by atoms with E-state index < -0.39 is 41.8 Å². The van der Waals surface area contributed by atoms with E-state index in [1.807, 2.05) is 26.8 Å². The van der Waals surface area contributed by atoms with Gasteiger partial charge in [0, 0.05) is 25.5 Å². The summed E-state index contributed by atoms with van der Waals surface area (Å²) < 4.78 is 16.0. The summed E-state index contributed by atoms with van der Waals surface area (Å²) >= 11 is 0. The first-order valence-electron chi connectivity index (χ1n) is 14.8. The minimum atomic E-state index is -1.62. The zero-order valence-electron chi connectivity index (χ0n) is 25.7. The highest BCUT2D eigenvalue weighted by atomic mass is 16.6. The number of ketones is 2. The molecule has 2 amide bonds. The van der Waals surface area contributed by atoms with E-state index in [2.05, 4.69) is 0 Å². The maximum absolute atomic E-state index is 14.1. The summed E-state index contributed by atoms with van der Waals surface area (Å²) in [7, 11) is 0. The van der Waals surface area contributed by atoms with E-state index >= 15 is 0 Å². The van der Waals surface area contributed by atoms with Crippen molar-refractivity contribution in [3.05, 3.63) is 77.4 Å². The molecule has 0 aromatic heterocycles. The van der Waals surface area contributed by atoms with Crippen LogP contribution in [0.3, 0.4) is 0 Å². The van der Waals surface area contributed by atoms with Crippen LogP contribution >= 0.6 is 0 Å². The van der Waals surface area contributed by atoms with Crippen LogP contribution in [0, 0.1) is 18.8 Å². The Hall–Kier alpha value is -4.15. The molecule has 10 heteroatoms. The third-order valence-corrected chi connectivity index (χ3v) is 7.31. The fraction of sp³-hybridized carbons (Fsp3) is 0.441. The van der Waals surface area contributed by atoms with Gasteiger partial charge in [0.15, 0.2) is 17.7 Å². The van der Waals surface area contributed by atoms with Crippen molar-refractivity contribution in [2.75, 3.05) is 26.4 Å². The van der Waals surface area contributed by atoms with Gasteiger partial charge >= 0.3 is 12.1 Å². The van der Waals surface area contributed by atoms with Crippen molar-refractivity contribution in [2.45, 2.75) is 59.1 Å². The number of Topliss-reactive ketones (excluding diaryl/α,β-unsaturated/α-hetero) is 1. The Bertz CT molecular complexity index is 1350. The number of carbonyl (C=O) groups excluding carboxylic acids is 5. The van der Waals surface area contributed by atoms with Crippen LogP contribution in [-0.2, 0) is 39.8 Å². The van der Waals surface area contributed by atoms with Gasteiger partial charge in [-0.1, -0.05) is 74.0 Å². The molecule has 1 aliphatic heterocycles. The second-order valence-electron chi connectivity index (χ2n) is 11.1. The number of nitrogens with zero attached hydrogens (tertiary/aromatic N) is 1. The first-order chi connectivity index (χ1) is 21.0. The van der Waals surface area contributed by atoms with Gasteiger partial charge in [-0.2, -0.15) is 0 Å². The number of hydrogen-bond donors (Lipinski definition) is 1. The molecule has 1 heterocycles. The highest BCUT2D eigenvalue weighted by Crippen LogP contribution is 2.28. The SMILES string of the molecule is CC(=O)OC(C(=O)C=C(C(=O)CCCOCCO)c1cccc(C)c1)C(Cc1ccccc1)C(=O)N1C(=O)OCC1C(C)C. The fourth-order valence-corrected chi connectivity index (χ4v) is 5.07. The number of ether oxygens (including phenoxy) is 3. The van der Waals surface area contributed by atoms with Gasteiger partial charge in [0.05, 0.1) is 25.2 Å². The lowest BCUT2D eigenvalue weighted by Gasteiger charge is -2.30. The fourth-order valence-electron chi connectivity index (χ4n) is 5.07. The van der Waals surface area contributed by atoms with E-state index in [9.17, 15) is 24.0 Å². The number of hydrogen-bond acceptors (Lipinski definition) is 9. The molecule has 3 rings (SSSR count). The Morgan fingerprint density at radius 2 is 1.80 bits per heavy atom. The molecule has 1 saturated heterocycles. The lowest BCUT2D eigenvalue weighted by Crippen LogP contribution is -2.50. The predicted octanol–water partition coefficient (Wildman–Crippen LogP) is 4.10. The van der Waals surface area contributed by atoms with Crippen LogP contribution in [0.5, 0.6) is 0 Å². The molecule has 0 bridgehead atoms. The second-order valence-corrected chi connectivity index (χ2v) is 11.1. The Morgan fingerprint density at radius 3 is 2.43 bits per heavy atom. The van der Waals surface area contributed by atoms with Crippen molar-refractivity contribution in [3.8, 4) is 0 Å². The Labute approximate surface area is 258 Å². The van der Waals surface area contributed by atoms with Crippen LogP contribution in [-0.4, -0.2) is 78.1 Å². The Kier molecular flexibility index (Phi) is 13.0. The van der Waals surface area contributed by atoms with E-state index in [-0.39, 0.29) is 56.5 Å². The van der Waals surface area contributed by atoms with Crippen LogP contribution in [0.15, 0.2) is 60.7 Å². The molecular formula is C34H41NO9. The van der Waals surface area contributed by atoms with E-state index in [0.717, 1.165) is 23.5 Å².